The Balaban J connectivity index is 2.37. The van der Waals surface area contributed by atoms with E-state index in [1.807, 2.05) is 0 Å². The van der Waals surface area contributed by atoms with E-state index in [0.29, 0.717) is 4.22 Å². The standard InChI is InChI=1S/C10H13.3CH3O.Ti/c1-8-6-9-4-2-3-5-10(9)7-8;3*1-2;/h6-7H,2-5H2,1H3;3*1H3;/q;3*-1;+3. The molecule has 17 heavy (non-hydrogen) atoms. The Kier molecular flexibility index (Phi) is 4.27. The van der Waals surface area contributed by atoms with Crippen LogP contribution in [-0.2, 0) is 27.7 Å². The maximum atomic E-state index is 5.71. The van der Waals surface area contributed by atoms with Crippen molar-refractivity contribution in [3.8, 4) is 0 Å². The van der Waals surface area contributed by atoms with Crippen LogP contribution in [0, 0.1) is 0 Å². The van der Waals surface area contributed by atoms with Gasteiger partial charge in [0.2, 0.25) is 0 Å². The van der Waals surface area contributed by atoms with Gasteiger partial charge in [0.15, 0.2) is 0 Å². The number of hydrogen-bond donors (Lipinski definition) is 0. The van der Waals surface area contributed by atoms with Crippen LogP contribution in [0.1, 0.15) is 32.6 Å². The van der Waals surface area contributed by atoms with E-state index in [1.165, 1.54) is 42.4 Å². The van der Waals surface area contributed by atoms with Crippen molar-refractivity contribution in [2.75, 3.05) is 21.3 Å². The summed E-state index contributed by atoms with van der Waals surface area (Å²) in [6.45, 7) is 2.18. The molecule has 0 amide bonds. The third kappa shape index (κ3) is 2.20. The van der Waals surface area contributed by atoms with Gasteiger partial charge in [0.25, 0.3) is 0 Å². The first-order valence-corrected chi connectivity index (χ1v) is 9.05. The molecule has 0 aromatic heterocycles. The van der Waals surface area contributed by atoms with Crippen molar-refractivity contribution in [1.82, 2.24) is 0 Å². The molecule has 0 aromatic carbocycles. The second kappa shape index (κ2) is 5.37. The summed E-state index contributed by atoms with van der Waals surface area (Å²) >= 11 is -3.15. The fourth-order valence-electron chi connectivity index (χ4n) is 3.18. The average Bonchev–Trinajstić information content (AvgIpc) is 2.70. The van der Waals surface area contributed by atoms with Gasteiger partial charge in [-0.1, -0.05) is 0 Å². The van der Waals surface area contributed by atoms with Crippen molar-refractivity contribution in [3.05, 3.63) is 22.8 Å². The van der Waals surface area contributed by atoms with Crippen molar-refractivity contribution < 1.29 is 27.7 Å². The zero-order chi connectivity index (χ0) is 12.5. The fraction of sp³-hybridized carbons (Fsp3) is 0.692. The van der Waals surface area contributed by atoms with Crippen LogP contribution < -0.4 is 0 Å². The van der Waals surface area contributed by atoms with E-state index in [4.69, 9.17) is 9.96 Å². The minimum absolute atomic E-state index is 0.297. The van der Waals surface area contributed by atoms with E-state index in [-0.39, 0.29) is 0 Å². The molecule has 0 aliphatic heterocycles. The molecular weight excluding hydrogens is 252 g/mol. The molecule has 0 radical (unpaired) electrons. The summed E-state index contributed by atoms with van der Waals surface area (Å²) in [5, 5.41) is 0. The summed E-state index contributed by atoms with van der Waals surface area (Å²) in [5.41, 5.74) is 4.40. The van der Waals surface area contributed by atoms with Gasteiger partial charge in [-0.2, -0.15) is 0 Å². The monoisotopic (exact) mass is 274 g/mol. The quantitative estimate of drug-likeness (QED) is 0.735. The van der Waals surface area contributed by atoms with Crippen molar-refractivity contribution in [1.29, 1.82) is 0 Å². The molecule has 1 unspecified atom stereocenters. The first-order valence-electron chi connectivity index (χ1n) is 6.24. The van der Waals surface area contributed by atoms with Gasteiger partial charge < -0.3 is 0 Å². The van der Waals surface area contributed by atoms with Crippen LogP contribution >= 0.6 is 0 Å². The van der Waals surface area contributed by atoms with E-state index >= 15 is 0 Å². The second-order valence-electron chi connectivity index (χ2n) is 4.79. The summed E-state index contributed by atoms with van der Waals surface area (Å²) in [4.78, 5) is 0. The number of rotatable bonds is 4. The van der Waals surface area contributed by atoms with Gasteiger partial charge in [0.1, 0.15) is 0 Å². The summed E-state index contributed by atoms with van der Waals surface area (Å²) in [5.74, 6) is 0. The van der Waals surface area contributed by atoms with Crippen LogP contribution in [0.3, 0.4) is 0 Å². The molecular formula is C13H22O3Ti. The molecule has 0 saturated carbocycles. The van der Waals surface area contributed by atoms with E-state index in [9.17, 15) is 0 Å². The molecule has 96 valence electrons. The Hall–Kier alpha value is 0.0743. The third-order valence-electron chi connectivity index (χ3n) is 3.97. The van der Waals surface area contributed by atoms with Crippen molar-refractivity contribution in [3.63, 3.8) is 0 Å². The molecule has 1 atom stereocenters. The minimum atomic E-state index is -3.15. The van der Waals surface area contributed by atoms with E-state index < -0.39 is 17.8 Å². The summed E-state index contributed by atoms with van der Waals surface area (Å²) < 4.78 is 17.4. The van der Waals surface area contributed by atoms with Crippen LogP contribution in [0.5, 0.6) is 0 Å². The molecule has 0 N–H and O–H groups in total. The van der Waals surface area contributed by atoms with E-state index in [2.05, 4.69) is 13.0 Å². The Labute approximate surface area is 109 Å². The van der Waals surface area contributed by atoms with Crippen molar-refractivity contribution in [2.24, 2.45) is 0 Å². The Morgan fingerprint density at radius 2 is 1.65 bits per heavy atom. The van der Waals surface area contributed by atoms with Crippen LogP contribution in [-0.4, -0.2) is 21.3 Å². The van der Waals surface area contributed by atoms with Gasteiger partial charge in [-0.05, 0) is 0 Å². The summed E-state index contributed by atoms with van der Waals surface area (Å²) in [6, 6.07) is 0. The topological polar surface area (TPSA) is 27.7 Å². The Morgan fingerprint density at radius 1 is 1.06 bits per heavy atom. The zero-order valence-electron chi connectivity index (χ0n) is 11.2. The molecule has 0 bridgehead atoms. The third-order valence-corrected chi connectivity index (χ3v) is 8.99. The molecule has 0 fully saturated rings. The Morgan fingerprint density at radius 3 is 2.24 bits per heavy atom. The molecule has 0 heterocycles. The SMILES string of the molecule is C[O][Ti]([O]C)([O]C)[CH]1C(C)=CC2=C1CCCC2. The predicted octanol–water partition coefficient (Wildman–Crippen LogP) is 3.44. The van der Waals surface area contributed by atoms with Gasteiger partial charge in [-0.3, -0.25) is 0 Å². The maximum absolute atomic E-state index is 5.71. The van der Waals surface area contributed by atoms with E-state index in [0.717, 1.165) is 0 Å². The molecule has 2 aliphatic rings. The molecule has 0 aromatic rings. The van der Waals surface area contributed by atoms with Crippen LogP contribution in [0.4, 0.5) is 0 Å². The number of hydrogen-bond acceptors (Lipinski definition) is 3. The first kappa shape index (κ1) is 13.5. The van der Waals surface area contributed by atoms with Gasteiger partial charge >= 0.3 is 109 Å². The first-order chi connectivity index (χ1) is 8.18. The fourth-order valence-corrected chi connectivity index (χ4v) is 7.24. The molecule has 2 aliphatic carbocycles. The average molecular weight is 274 g/mol. The molecule has 3 nitrogen and oxygen atoms in total. The van der Waals surface area contributed by atoms with Crippen LogP contribution in [0.15, 0.2) is 22.8 Å². The van der Waals surface area contributed by atoms with Gasteiger partial charge in [-0.25, -0.2) is 0 Å². The van der Waals surface area contributed by atoms with Crippen LogP contribution in [0.25, 0.3) is 0 Å². The Bertz CT molecular complexity index is 347. The molecule has 0 saturated heterocycles. The molecule has 2 rings (SSSR count). The van der Waals surface area contributed by atoms with Crippen molar-refractivity contribution in [2.45, 2.75) is 36.8 Å². The number of allylic oxidation sites excluding steroid dienone is 4. The predicted molar refractivity (Wildman–Crippen MR) is 64.0 cm³/mol. The summed E-state index contributed by atoms with van der Waals surface area (Å²) in [7, 11) is 5.17. The molecule has 4 heteroatoms. The van der Waals surface area contributed by atoms with Crippen molar-refractivity contribution >= 4 is 0 Å². The van der Waals surface area contributed by atoms with Gasteiger partial charge in [-0.15, -0.1) is 0 Å². The van der Waals surface area contributed by atoms with Gasteiger partial charge in [0, 0.05) is 0 Å². The molecule has 0 spiro atoms. The summed E-state index contributed by atoms with van der Waals surface area (Å²) in [6.07, 6.45) is 7.31. The van der Waals surface area contributed by atoms with Crippen LogP contribution in [0.2, 0.25) is 4.22 Å². The normalized spacial score (nSPS) is 24.9. The second-order valence-corrected chi connectivity index (χ2v) is 9.49. The zero-order valence-corrected chi connectivity index (χ0v) is 12.8. The van der Waals surface area contributed by atoms with Gasteiger partial charge in [0.05, 0.1) is 0 Å². The van der Waals surface area contributed by atoms with E-state index in [1.54, 1.807) is 21.3 Å².